The minimum atomic E-state index is 0.730. The number of benzene rings is 1. The molecule has 0 aliphatic carbocycles. The highest BCUT2D eigenvalue weighted by Crippen LogP contribution is 2.26. The normalized spacial score (nSPS) is 10.5. The molecule has 0 spiro atoms. The molecule has 0 radical (unpaired) electrons. The molecule has 2 rings (SSSR count). The molecule has 12 heavy (non-hydrogen) atoms. The van der Waals surface area contributed by atoms with Crippen LogP contribution >= 0.6 is 34.2 Å². The first kappa shape index (κ1) is 8.19. The van der Waals surface area contributed by atoms with Crippen molar-refractivity contribution in [1.29, 1.82) is 0 Å². The molecule has 0 bridgehead atoms. The molecule has 0 amide bonds. The molecule has 60 valence electrons. The van der Waals surface area contributed by atoms with E-state index in [4.69, 9.17) is 11.6 Å². The fraction of sp³-hybridized carbons (Fsp3) is 0. The van der Waals surface area contributed by atoms with Gasteiger partial charge >= 0.3 is 0 Å². The highest BCUT2D eigenvalue weighted by atomic mass is 127. The van der Waals surface area contributed by atoms with E-state index in [9.17, 15) is 0 Å². The molecule has 0 aliphatic heterocycles. The van der Waals surface area contributed by atoms with Gasteiger partial charge < -0.3 is 0 Å². The van der Waals surface area contributed by atoms with Gasteiger partial charge in [0.1, 0.15) is 6.33 Å². The summed E-state index contributed by atoms with van der Waals surface area (Å²) in [6.45, 7) is 0. The van der Waals surface area contributed by atoms with Gasteiger partial charge in [0, 0.05) is 15.2 Å². The van der Waals surface area contributed by atoms with E-state index in [0.29, 0.717) is 0 Å². The molecule has 0 unspecified atom stereocenters. The van der Waals surface area contributed by atoms with Gasteiger partial charge in [0.25, 0.3) is 0 Å². The van der Waals surface area contributed by atoms with Crippen LogP contribution in [0.15, 0.2) is 24.7 Å². The summed E-state index contributed by atoms with van der Waals surface area (Å²) >= 11 is 8.22. The van der Waals surface area contributed by atoms with Crippen LogP contribution in [-0.2, 0) is 0 Å². The van der Waals surface area contributed by atoms with Gasteiger partial charge in [-0.1, -0.05) is 11.6 Å². The smallest absolute Gasteiger partial charge is 0.116 e. The fourth-order valence-corrected chi connectivity index (χ4v) is 1.67. The second-order valence-corrected chi connectivity index (χ2v) is 3.86. The molecule has 1 aromatic heterocycles. The second-order valence-electron chi connectivity index (χ2n) is 2.32. The van der Waals surface area contributed by atoms with Crippen molar-refractivity contribution in [3.8, 4) is 0 Å². The number of hydrogen-bond donors (Lipinski definition) is 0. The van der Waals surface area contributed by atoms with Gasteiger partial charge in [-0.3, -0.25) is 0 Å². The van der Waals surface area contributed by atoms with Crippen LogP contribution < -0.4 is 0 Å². The van der Waals surface area contributed by atoms with E-state index < -0.39 is 0 Å². The average molecular weight is 290 g/mol. The van der Waals surface area contributed by atoms with Crippen molar-refractivity contribution < 1.29 is 0 Å². The maximum absolute atomic E-state index is 6.04. The van der Waals surface area contributed by atoms with Crippen molar-refractivity contribution in [3.63, 3.8) is 0 Å². The SMILES string of the molecule is Clc1c(I)ccc2ncncc12. The first-order chi connectivity index (χ1) is 5.79. The number of nitrogens with zero attached hydrogens (tertiary/aromatic N) is 2. The highest BCUT2D eigenvalue weighted by Gasteiger charge is 2.02. The summed E-state index contributed by atoms with van der Waals surface area (Å²) in [6.07, 6.45) is 3.25. The van der Waals surface area contributed by atoms with Gasteiger partial charge in [-0.25, -0.2) is 9.97 Å². The minimum Gasteiger partial charge on any atom is -0.244 e. The Balaban J connectivity index is 2.91. The van der Waals surface area contributed by atoms with Crippen LogP contribution in [0.5, 0.6) is 0 Å². The molecule has 4 heteroatoms. The van der Waals surface area contributed by atoms with E-state index in [0.717, 1.165) is 19.5 Å². The van der Waals surface area contributed by atoms with Crippen LogP contribution in [0, 0.1) is 3.57 Å². The zero-order valence-electron chi connectivity index (χ0n) is 5.96. The standard InChI is InChI=1S/C8H4ClIN2/c9-8-5-3-11-4-12-7(5)2-1-6(8)10/h1-4H. The summed E-state index contributed by atoms with van der Waals surface area (Å²) in [5, 5.41) is 1.64. The van der Waals surface area contributed by atoms with Crippen molar-refractivity contribution in [2.24, 2.45) is 0 Å². The van der Waals surface area contributed by atoms with Crippen LogP contribution in [0.2, 0.25) is 5.02 Å². The third-order valence-electron chi connectivity index (χ3n) is 1.58. The van der Waals surface area contributed by atoms with Gasteiger partial charge in [-0.2, -0.15) is 0 Å². The first-order valence-electron chi connectivity index (χ1n) is 3.33. The molecule has 0 saturated carbocycles. The van der Waals surface area contributed by atoms with Crippen molar-refractivity contribution >= 4 is 45.1 Å². The van der Waals surface area contributed by atoms with Crippen molar-refractivity contribution in [2.75, 3.05) is 0 Å². The Kier molecular flexibility index (Phi) is 2.14. The molecule has 2 aromatic rings. The summed E-state index contributed by atoms with van der Waals surface area (Å²) in [5.41, 5.74) is 0.885. The number of halogens is 2. The molecule has 2 nitrogen and oxygen atoms in total. The molecule has 1 heterocycles. The molecule has 0 saturated heterocycles. The van der Waals surface area contributed by atoms with Crippen LogP contribution in [0.3, 0.4) is 0 Å². The Bertz CT molecular complexity index is 430. The van der Waals surface area contributed by atoms with E-state index in [1.54, 1.807) is 6.20 Å². The lowest BCUT2D eigenvalue weighted by atomic mass is 10.2. The predicted molar refractivity (Wildman–Crippen MR) is 57.3 cm³/mol. The number of aromatic nitrogens is 2. The monoisotopic (exact) mass is 290 g/mol. The third-order valence-corrected chi connectivity index (χ3v) is 3.20. The molecular weight excluding hydrogens is 286 g/mol. The van der Waals surface area contributed by atoms with Crippen molar-refractivity contribution in [2.45, 2.75) is 0 Å². The molecular formula is C8H4ClIN2. The summed E-state index contributed by atoms with van der Waals surface area (Å²) in [7, 11) is 0. The van der Waals surface area contributed by atoms with E-state index in [1.165, 1.54) is 6.33 Å². The molecule has 0 fully saturated rings. The Morgan fingerprint density at radius 1 is 1.33 bits per heavy atom. The van der Waals surface area contributed by atoms with Gasteiger partial charge in [-0.05, 0) is 34.7 Å². The van der Waals surface area contributed by atoms with Gasteiger partial charge in [0.2, 0.25) is 0 Å². The maximum Gasteiger partial charge on any atom is 0.116 e. The lowest BCUT2D eigenvalue weighted by Crippen LogP contribution is -1.83. The van der Waals surface area contributed by atoms with Crippen LogP contribution in [-0.4, -0.2) is 9.97 Å². The average Bonchev–Trinajstić information content (AvgIpc) is 2.12. The zero-order valence-corrected chi connectivity index (χ0v) is 8.87. The number of fused-ring (bicyclic) bond motifs is 1. The largest absolute Gasteiger partial charge is 0.244 e. The third kappa shape index (κ3) is 1.27. The van der Waals surface area contributed by atoms with Crippen LogP contribution in [0.25, 0.3) is 10.9 Å². The van der Waals surface area contributed by atoms with Gasteiger partial charge in [-0.15, -0.1) is 0 Å². The Morgan fingerprint density at radius 2 is 2.17 bits per heavy atom. The molecule has 1 aromatic carbocycles. The highest BCUT2D eigenvalue weighted by molar-refractivity contribution is 14.1. The van der Waals surface area contributed by atoms with Crippen LogP contribution in [0.1, 0.15) is 0 Å². The van der Waals surface area contributed by atoms with Crippen LogP contribution in [0.4, 0.5) is 0 Å². The molecule has 0 aliphatic rings. The van der Waals surface area contributed by atoms with E-state index >= 15 is 0 Å². The Morgan fingerprint density at radius 3 is 3.00 bits per heavy atom. The summed E-state index contributed by atoms with van der Waals surface area (Å²) < 4.78 is 1.02. The zero-order chi connectivity index (χ0) is 8.55. The Labute approximate surface area is 88.1 Å². The quantitative estimate of drug-likeness (QED) is 0.697. The van der Waals surface area contributed by atoms with Crippen molar-refractivity contribution in [3.05, 3.63) is 33.2 Å². The maximum atomic E-state index is 6.04. The van der Waals surface area contributed by atoms with Gasteiger partial charge in [0.15, 0.2) is 0 Å². The lowest BCUT2D eigenvalue weighted by Gasteiger charge is -1.99. The summed E-state index contributed by atoms with van der Waals surface area (Å²) in [5.74, 6) is 0. The minimum absolute atomic E-state index is 0.730. The topological polar surface area (TPSA) is 25.8 Å². The molecule has 0 atom stereocenters. The number of hydrogen-bond acceptors (Lipinski definition) is 2. The van der Waals surface area contributed by atoms with E-state index in [2.05, 4.69) is 32.6 Å². The van der Waals surface area contributed by atoms with Gasteiger partial charge in [0.05, 0.1) is 10.5 Å². The molecule has 0 N–H and O–H groups in total. The second kappa shape index (κ2) is 3.14. The fourth-order valence-electron chi connectivity index (χ4n) is 0.995. The van der Waals surface area contributed by atoms with Crippen molar-refractivity contribution in [1.82, 2.24) is 9.97 Å². The predicted octanol–water partition coefficient (Wildman–Crippen LogP) is 2.89. The summed E-state index contributed by atoms with van der Waals surface area (Å²) in [4.78, 5) is 8.00. The van der Waals surface area contributed by atoms with E-state index in [1.807, 2.05) is 12.1 Å². The van der Waals surface area contributed by atoms with E-state index in [-0.39, 0.29) is 0 Å². The Hall–Kier alpha value is -0.420. The lowest BCUT2D eigenvalue weighted by molar-refractivity contribution is 1.22. The first-order valence-corrected chi connectivity index (χ1v) is 4.78. The summed E-state index contributed by atoms with van der Waals surface area (Å²) in [6, 6.07) is 3.88. The number of rotatable bonds is 0.